The lowest BCUT2D eigenvalue weighted by Crippen LogP contribution is -2.28. The van der Waals surface area contributed by atoms with Crippen molar-refractivity contribution in [3.8, 4) is 39.1 Å². The summed E-state index contributed by atoms with van der Waals surface area (Å²) in [5.74, 6) is 0. The Morgan fingerprint density at radius 2 is 0.770 bits per heavy atom. The number of rotatable bonds is 7. The first kappa shape index (κ1) is 42.4. The second-order valence-electron chi connectivity index (χ2n) is 20.8. The third kappa shape index (κ3) is 6.06. The maximum atomic E-state index is 2.51. The average Bonchev–Trinajstić information content (AvgIpc) is 4.12. The van der Waals surface area contributed by atoms with Crippen LogP contribution in [0.4, 0.5) is 17.1 Å². The van der Waals surface area contributed by atoms with Crippen LogP contribution in [-0.4, -0.2) is 4.57 Å². The first-order valence-electron chi connectivity index (χ1n) is 25.9. The lowest BCUT2D eigenvalue weighted by molar-refractivity contribution is 0.660. The molecule has 74 heavy (non-hydrogen) atoms. The van der Waals surface area contributed by atoms with Crippen molar-refractivity contribution in [2.24, 2.45) is 0 Å². The molecular weight excluding hydrogens is 893 g/mol. The van der Waals surface area contributed by atoms with E-state index in [9.17, 15) is 0 Å². The van der Waals surface area contributed by atoms with E-state index in [2.05, 4.69) is 290 Å². The molecule has 0 amide bonds. The van der Waals surface area contributed by atoms with Crippen molar-refractivity contribution in [2.45, 2.75) is 24.7 Å². The van der Waals surface area contributed by atoms with Gasteiger partial charge >= 0.3 is 0 Å². The van der Waals surface area contributed by atoms with Crippen molar-refractivity contribution >= 4 is 60.4 Å². The molecule has 0 atom stereocenters. The maximum absolute atomic E-state index is 2.51. The van der Waals surface area contributed by atoms with Gasteiger partial charge in [0, 0.05) is 38.9 Å². The summed E-state index contributed by atoms with van der Waals surface area (Å²) < 4.78 is 2.51. The molecule has 0 radical (unpaired) electrons. The number of hydrogen-bond acceptors (Lipinski definition) is 1. The van der Waals surface area contributed by atoms with Crippen molar-refractivity contribution in [2.75, 3.05) is 4.90 Å². The normalized spacial score (nSPS) is 13.8. The first-order valence-corrected chi connectivity index (χ1v) is 25.9. The van der Waals surface area contributed by atoms with E-state index in [1.807, 2.05) is 0 Å². The number of aromatic nitrogens is 1. The molecule has 12 aromatic carbocycles. The minimum Gasteiger partial charge on any atom is -0.310 e. The largest absolute Gasteiger partial charge is 0.310 e. The maximum Gasteiger partial charge on any atom is 0.0714 e. The molecule has 2 nitrogen and oxygen atoms in total. The number of benzene rings is 12. The summed E-state index contributed by atoms with van der Waals surface area (Å²) in [6.07, 6.45) is 0. The Kier molecular flexibility index (Phi) is 9.25. The predicted molar refractivity (Wildman–Crippen MR) is 311 cm³/mol. The van der Waals surface area contributed by atoms with Crippen molar-refractivity contribution in [3.05, 3.63) is 300 Å². The number of hydrogen-bond donors (Lipinski definition) is 0. The van der Waals surface area contributed by atoms with Crippen LogP contribution in [0, 0.1) is 0 Å². The van der Waals surface area contributed by atoms with Crippen LogP contribution < -0.4 is 4.90 Å². The van der Waals surface area contributed by atoms with E-state index in [1.54, 1.807) is 0 Å². The zero-order valence-electron chi connectivity index (χ0n) is 41.3. The quantitative estimate of drug-likeness (QED) is 0.155. The topological polar surface area (TPSA) is 8.17 Å². The molecule has 0 N–H and O–H groups in total. The Morgan fingerprint density at radius 3 is 1.38 bits per heavy atom. The second-order valence-corrected chi connectivity index (χ2v) is 20.8. The van der Waals surface area contributed by atoms with E-state index in [-0.39, 0.29) is 5.41 Å². The molecule has 0 spiro atoms. The molecule has 0 bridgehead atoms. The van der Waals surface area contributed by atoms with Crippen LogP contribution in [0.3, 0.4) is 0 Å². The molecule has 1 aromatic heterocycles. The van der Waals surface area contributed by atoms with Crippen LogP contribution in [-0.2, 0) is 10.8 Å². The van der Waals surface area contributed by atoms with Crippen molar-refractivity contribution in [3.63, 3.8) is 0 Å². The summed E-state index contributed by atoms with van der Waals surface area (Å²) in [4.78, 5) is 2.48. The van der Waals surface area contributed by atoms with E-state index in [0.29, 0.717) is 0 Å². The van der Waals surface area contributed by atoms with Gasteiger partial charge < -0.3 is 9.47 Å². The Morgan fingerprint density at radius 1 is 0.324 bits per heavy atom. The van der Waals surface area contributed by atoms with Gasteiger partial charge in [-0.1, -0.05) is 220 Å². The van der Waals surface area contributed by atoms with Gasteiger partial charge in [0.15, 0.2) is 0 Å². The average molecular weight is 943 g/mol. The van der Waals surface area contributed by atoms with Crippen LogP contribution in [0.1, 0.15) is 47.2 Å². The van der Waals surface area contributed by atoms with Gasteiger partial charge in [0.05, 0.1) is 16.4 Å². The molecule has 0 unspecified atom stereocenters. The van der Waals surface area contributed by atoms with E-state index in [1.165, 1.54) is 116 Å². The molecule has 0 fully saturated rings. The SMILES string of the molecule is CC1(C)c2cc(N(c3ccc(-c4ccccc4)cc3)c3ccc4c(c3)C(c3ccccc3)(c3ccccc3)c3ccccc3-4)ccc2-c2ccc(-n3c4ccc5ccccc5c4c4c5ccccc5ccc43)cc21. The van der Waals surface area contributed by atoms with Crippen LogP contribution in [0.2, 0.25) is 0 Å². The highest BCUT2D eigenvalue weighted by molar-refractivity contribution is 6.28. The Labute approximate surface area is 431 Å². The van der Waals surface area contributed by atoms with Gasteiger partial charge in [0.1, 0.15) is 0 Å². The fourth-order valence-electron chi connectivity index (χ4n) is 13.3. The zero-order chi connectivity index (χ0) is 49.1. The number of anilines is 3. The summed E-state index contributed by atoms with van der Waals surface area (Å²) >= 11 is 0. The Hall–Kier alpha value is -9.24. The third-order valence-electron chi connectivity index (χ3n) is 16.6. The van der Waals surface area contributed by atoms with Crippen molar-refractivity contribution in [1.82, 2.24) is 4.57 Å². The molecule has 348 valence electrons. The summed E-state index contributed by atoms with van der Waals surface area (Å²) in [6.45, 7) is 4.83. The van der Waals surface area contributed by atoms with Crippen LogP contribution in [0.15, 0.2) is 267 Å². The van der Waals surface area contributed by atoms with E-state index in [0.717, 1.165) is 17.1 Å². The van der Waals surface area contributed by atoms with Gasteiger partial charge in [-0.15, -0.1) is 0 Å². The summed E-state index contributed by atoms with van der Waals surface area (Å²) in [7, 11) is 0. The highest BCUT2D eigenvalue weighted by Gasteiger charge is 2.46. The van der Waals surface area contributed by atoms with E-state index < -0.39 is 5.41 Å². The van der Waals surface area contributed by atoms with E-state index >= 15 is 0 Å². The first-order chi connectivity index (χ1) is 36.5. The fourth-order valence-corrected chi connectivity index (χ4v) is 13.3. The fraction of sp³-hybridized carbons (Fsp3) is 0.0556. The Balaban J connectivity index is 0.908. The zero-order valence-corrected chi connectivity index (χ0v) is 41.3. The molecule has 0 saturated heterocycles. The van der Waals surface area contributed by atoms with Gasteiger partial charge in [0.2, 0.25) is 0 Å². The predicted octanol–water partition coefficient (Wildman–Crippen LogP) is 18.9. The van der Waals surface area contributed by atoms with Crippen LogP contribution in [0.5, 0.6) is 0 Å². The highest BCUT2D eigenvalue weighted by Crippen LogP contribution is 2.58. The van der Waals surface area contributed by atoms with E-state index in [4.69, 9.17) is 0 Å². The lowest BCUT2D eigenvalue weighted by Gasteiger charge is -2.35. The summed E-state index contributed by atoms with van der Waals surface area (Å²) in [6, 6.07) is 99.6. The van der Waals surface area contributed by atoms with Gasteiger partial charge in [-0.3, -0.25) is 0 Å². The molecule has 1 heterocycles. The minimum absolute atomic E-state index is 0.299. The van der Waals surface area contributed by atoms with Gasteiger partial charge in [0.25, 0.3) is 0 Å². The minimum atomic E-state index is -0.525. The molecule has 15 rings (SSSR count). The van der Waals surface area contributed by atoms with Crippen molar-refractivity contribution in [1.29, 1.82) is 0 Å². The molecular formula is C72H50N2. The lowest BCUT2D eigenvalue weighted by atomic mass is 9.67. The van der Waals surface area contributed by atoms with Crippen molar-refractivity contribution < 1.29 is 0 Å². The second kappa shape index (κ2) is 16.1. The molecule has 0 saturated carbocycles. The molecule has 2 aliphatic carbocycles. The molecule has 2 heteroatoms. The van der Waals surface area contributed by atoms with Gasteiger partial charge in [-0.05, 0) is 149 Å². The van der Waals surface area contributed by atoms with Gasteiger partial charge in [-0.2, -0.15) is 0 Å². The van der Waals surface area contributed by atoms with Crippen LogP contribution in [0.25, 0.3) is 82.4 Å². The standard InChI is InChI=1S/C72H50N2/c1-71(2)64-44-54(36-39-60(64)61-40-38-56(45-65(61)71)74-67-42-32-49-20-12-14-26-57(49)69(67)70-58-27-15-13-21-50(58)33-43-68(70)74)73(53-34-30-48(31-35-53)47-18-6-3-7-19-47)55-37-41-62-59-28-16-17-29-63(59)72(66(62)46-55,51-22-8-4-9-23-51)52-24-10-5-11-25-52/h3-46H,1-2H3. The molecule has 13 aromatic rings. The molecule has 2 aliphatic rings. The molecule has 0 aliphatic heterocycles. The number of nitrogens with zero attached hydrogens (tertiary/aromatic N) is 2. The van der Waals surface area contributed by atoms with Gasteiger partial charge in [-0.25, -0.2) is 0 Å². The monoisotopic (exact) mass is 942 g/mol. The smallest absolute Gasteiger partial charge is 0.0714 e. The number of fused-ring (bicyclic) bond motifs is 13. The van der Waals surface area contributed by atoms with Crippen LogP contribution >= 0.6 is 0 Å². The highest BCUT2D eigenvalue weighted by atomic mass is 15.1. The Bertz CT molecular complexity index is 4240. The third-order valence-corrected chi connectivity index (χ3v) is 16.6. The summed E-state index contributed by atoms with van der Waals surface area (Å²) in [5, 5.41) is 7.69. The summed E-state index contributed by atoms with van der Waals surface area (Å²) in [5.41, 5.74) is 21.4.